The second-order valence-corrected chi connectivity index (χ2v) is 5.33. The molecule has 1 aliphatic rings. The van der Waals surface area contributed by atoms with Crippen LogP contribution in [0.4, 0.5) is 0 Å². The molecule has 1 aromatic rings. The Morgan fingerprint density at radius 3 is 2.86 bits per heavy atom. The van der Waals surface area contributed by atoms with Gasteiger partial charge in [-0.3, -0.25) is 0 Å². The first-order chi connectivity index (χ1) is 6.75. The summed E-state index contributed by atoms with van der Waals surface area (Å²) in [5.41, 5.74) is 0. The van der Waals surface area contributed by atoms with E-state index in [0.29, 0.717) is 0 Å². The van der Waals surface area contributed by atoms with E-state index >= 15 is 0 Å². The van der Waals surface area contributed by atoms with Crippen LogP contribution in [0.15, 0.2) is 24.3 Å². The lowest BCUT2D eigenvalue weighted by Crippen LogP contribution is -2.28. The maximum absolute atomic E-state index is 5.76. The van der Waals surface area contributed by atoms with Gasteiger partial charge in [-0.05, 0) is 65.5 Å². The van der Waals surface area contributed by atoms with E-state index in [1.54, 1.807) is 0 Å². The monoisotopic (exact) mass is 302 g/mol. The van der Waals surface area contributed by atoms with Gasteiger partial charge in [0, 0.05) is 3.57 Å². The minimum absolute atomic E-state index is 0.785. The first kappa shape index (κ1) is 10.3. The van der Waals surface area contributed by atoms with Gasteiger partial charge in [-0.1, -0.05) is 13.0 Å². The Bertz CT molecular complexity index is 311. The second kappa shape index (κ2) is 4.51. The van der Waals surface area contributed by atoms with E-state index in [2.05, 4.69) is 41.6 Å². The largest absolute Gasteiger partial charge is 0.493 e. The Hall–Kier alpha value is -0.250. The molecular formula is C12H15IO. The minimum Gasteiger partial charge on any atom is -0.493 e. The van der Waals surface area contributed by atoms with Crippen molar-refractivity contribution in [2.45, 2.75) is 19.8 Å². The van der Waals surface area contributed by atoms with Crippen LogP contribution in [-0.2, 0) is 0 Å². The number of rotatable bonds is 3. The Balaban J connectivity index is 1.85. The van der Waals surface area contributed by atoms with Crippen molar-refractivity contribution in [3.05, 3.63) is 27.8 Å². The molecule has 0 heterocycles. The van der Waals surface area contributed by atoms with Gasteiger partial charge in [0.25, 0.3) is 0 Å². The summed E-state index contributed by atoms with van der Waals surface area (Å²) in [7, 11) is 0. The lowest BCUT2D eigenvalue weighted by atomic mass is 9.75. The lowest BCUT2D eigenvalue weighted by molar-refractivity contribution is 0.116. The predicted molar refractivity (Wildman–Crippen MR) is 66.5 cm³/mol. The normalized spacial score (nSPS) is 25.6. The van der Waals surface area contributed by atoms with Crippen LogP contribution < -0.4 is 4.74 Å². The second-order valence-electron chi connectivity index (χ2n) is 4.08. The van der Waals surface area contributed by atoms with Crippen molar-refractivity contribution in [1.82, 2.24) is 0 Å². The number of halogens is 1. The summed E-state index contributed by atoms with van der Waals surface area (Å²) in [4.78, 5) is 0. The molecule has 1 nitrogen and oxygen atoms in total. The predicted octanol–water partition coefficient (Wildman–Crippen LogP) is 3.72. The zero-order valence-electron chi connectivity index (χ0n) is 8.37. The van der Waals surface area contributed by atoms with Crippen molar-refractivity contribution in [2.24, 2.45) is 11.8 Å². The van der Waals surface area contributed by atoms with Gasteiger partial charge in [0.15, 0.2) is 0 Å². The summed E-state index contributed by atoms with van der Waals surface area (Å²) in [5, 5.41) is 0. The van der Waals surface area contributed by atoms with Gasteiger partial charge in [-0.15, -0.1) is 0 Å². The van der Waals surface area contributed by atoms with Crippen LogP contribution in [0.5, 0.6) is 5.75 Å². The van der Waals surface area contributed by atoms with Crippen molar-refractivity contribution < 1.29 is 4.74 Å². The molecule has 0 N–H and O–H groups in total. The van der Waals surface area contributed by atoms with Gasteiger partial charge < -0.3 is 4.74 Å². The molecule has 2 heteroatoms. The summed E-state index contributed by atoms with van der Waals surface area (Å²) in [6, 6.07) is 8.25. The summed E-state index contributed by atoms with van der Waals surface area (Å²) in [6.07, 6.45) is 2.71. The van der Waals surface area contributed by atoms with Crippen LogP contribution in [0.1, 0.15) is 19.8 Å². The van der Waals surface area contributed by atoms with Crippen LogP contribution in [0, 0.1) is 15.4 Å². The molecule has 0 bridgehead atoms. The molecule has 0 amide bonds. The van der Waals surface area contributed by atoms with Crippen LogP contribution in [0.2, 0.25) is 0 Å². The molecule has 0 saturated heterocycles. The SMILES string of the molecule is C[C@@H]1CC[C@@H]1COc1cccc(I)c1. The molecule has 76 valence electrons. The third kappa shape index (κ3) is 2.41. The molecule has 1 fully saturated rings. The maximum Gasteiger partial charge on any atom is 0.120 e. The van der Waals surface area contributed by atoms with Gasteiger partial charge in [0.1, 0.15) is 5.75 Å². The Morgan fingerprint density at radius 2 is 2.29 bits per heavy atom. The van der Waals surface area contributed by atoms with E-state index in [0.717, 1.165) is 24.2 Å². The van der Waals surface area contributed by atoms with Crippen molar-refractivity contribution in [2.75, 3.05) is 6.61 Å². The zero-order chi connectivity index (χ0) is 9.97. The Labute approximate surface area is 99.0 Å². The molecule has 0 radical (unpaired) electrons. The van der Waals surface area contributed by atoms with E-state index in [1.807, 2.05) is 12.1 Å². The van der Waals surface area contributed by atoms with Crippen molar-refractivity contribution in [3.8, 4) is 5.75 Å². The number of benzene rings is 1. The summed E-state index contributed by atoms with van der Waals surface area (Å²) in [6.45, 7) is 3.20. The van der Waals surface area contributed by atoms with Crippen molar-refractivity contribution in [1.29, 1.82) is 0 Å². The van der Waals surface area contributed by atoms with Gasteiger partial charge in [0.2, 0.25) is 0 Å². The lowest BCUT2D eigenvalue weighted by Gasteiger charge is -2.33. The molecule has 1 aliphatic carbocycles. The Kier molecular flexibility index (Phi) is 3.31. The molecule has 2 atom stereocenters. The fourth-order valence-electron chi connectivity index (χ4n) is 1.74. The summed E-state index contributed by atoms with van der Waals surface area (Å²) in [5.74, 6) is 2.65. The average Bonchev–Trinajstić information content (AvgIpc) is 2.16. The van der Waals surface area contributed by atoms with Crippen molar-refractivity contribution in [3.63, 3.8) is 0 Å². The highest BCUT2D eigenvalue weighted by Crippen LogP contribution is 2.33. The zero-order valence-corrected chi connectivity index (χ0v) is 10.5. The highest BCUT2D eigenvalue weighted by molar-refractivity contribution is 14.1. The number of hydrogen-bond donors (Lipinski definition) is 0. The minimum atomic E-state index is 0.785. The summed E-state index contributed by atoms with van der Waals surface area (Å²) >= 11 is 2.31. The molecule has 0 spiro atoms. The first-order valence-corrected chi connectivity index (χ1v) is 6.22. The fraction of sp³-hybridized carbons (Fsp3) is 0.500. The van der Waals surface area contributed by atoms with Crippen molar-refractivity contribution >= 4 is 22.6 Å². The van der Waals surface area contributed by atoms with E-state index < -0.39 is 0 Å². The number of hydrogen-bond acceptors (Lipinski definition) is 1. The maximum atomic E-state index is 5.76. The van der Waals surface area contributed by atoms with E-state index in [4.69, 9.17) is 4.74 Å². The highest BCUT2D eigenvalue weighted by atomic mass is 127. The standard InChI is InChI=1S/C12H15IO/c1-9-5-6-10(9)8-14-12-4-2-3-11(13)7-12/h2-4,7,9-10H,5-6,8H2,1H3/t9-,10-/m1/s1. The van der Waals surface area contributed by atoms with Gasteiger partial charge in [-0.2, -0.15) is 0 Å². The third-order valence-electron chi connectivity index (χ3n) is 3.06. The van der Waals surface area contributed by atoms with E-state index in [1.165, 1.54) is 16.4 Å². The molecule has 0 unspecified atom stereocenters. The topological polar surface area (TPSA) is 9.23 Å². The van der Waals surface area contributed by atoms with Gasteiger partial charge >= 0.3 is 0 Å². The first-order valence-electron chi connectivity index (χ1n) is 5.14. The van der Waals surface area contributed by atoms with E-state index in [-0.39, 0.29) is 0 Å². The molecule has 0 aromatic heterocycles. The van der Waals surface area contributed by atoms with Gasteiger partial charge in [-0.25, -0.2) is 0 Å². The van der Waals surface area contributed by atoms with Crippen LogP contribution >= 0.6 is 22.6 Å². The quantitative estimate of drug-likeness (QED) is 0.773. The smallest absolute Gasteiger partial charge is 0.120 e. The van der Waals surface area contributed by atoms with Crippen LogP contribution in [-0.4, -0.2) is 6.61 Å². The average molecular weight is 302 g/mol. The summed E-state index contributed by atoms with van der Waals surface area (Å²) < 4.78 is 6.99. The molecule has 1 saturated carbocycles. The van der Waals surface area contributed by atoms with Crippen LogP contribution in [0.3, 0.4) is 0 Å². The molecule has 14 heavy (non-hydrogen) atoms. The fourth-order valence-corrected chi connectivity index (χ4v) is 2.26. The Morgan fingerprint density at radius 1 is 1.43 bits per heavy atom. The van der Waals surface area contributed by atoms with E-state index in [9.17, 15) is 0 Å². The molecule has 1 aromatic carbocycles. The number of ether oxygens (including phenoxy) is 1. The molecule has 0 aliphatic heterocycles. The van der Waals surface area contributed by atoms with Crippen LogP contribution in [0.25, 0.3) is 0 Å². The molecule has 2 rings (SSSR count). The highest BCUT2D eigenvalue weighted by Gasteiger charge is 2.26. The third-order valence-corrected chi connectivity index (χ3v) is 3.73. The molecular weight excluding hydrogens is 287 g/mol. The van der Waals surface area contributed by atoms with Gasteiger partial charge in [0.05, 0.1) is 6.61 Å².